The molecule has 0 radical (unpaired) electrons. The van der Waals surface area contributed by atoms with Crippen LogP contribution in [0.3, 0.4) is 0 Å². The molecule has 1 atom stereocenters. The SMILES string of the molecule is CC1(C)c2ccccc2-c2ccc(N(c3ccc(-c4ccccc4)cc3)c3cccc4c3C3(c5ccccc5-4)c4ccccc4-c4c3ccc3c4oc4ccccc43)cc21. The van der Waals surface area contributed by atoms with Crippen molar-refractivity contribution in [2.24, 2.45) is 0 Å². The molecule has 0 N–H and O–H groups in total. The molecule has 0 aliphatic heterocycles. The first-order valence-corrected chi connectivity index (χ1v) is 21.0. The van der Waals surface area contributed by atoms with Gasteiger partial charge in [0.25, 0.3) is 0 Å². The summed E-state index contributed by atoms with van der Waals surface area (Å²) in [6, 6.07) is 74.2. The molecule has 0 fully saturated rings. The maximum atomic E-state index is 6.87. The zero-order chi connectivity index (χ0) is 39.7. The van der Waals surface area contributed by atoms with Crippen LogP contribution in [0.15, 0.2) is 205 Å². The van der Waals surface area contributed by atoms with Crippen molar-refractivity contribution in [3.63, 3.8) is 0 Å². The van der Waals surface area contributed by atoms with Crippen LogP contribution >= 0.6 is 0 Å². The Morgan fingerprint density at radius 2 is 1.00 bits per heavy atom. The third-order valence-electron chi connectivity index (χ3n) is 13.9. The topological polar surface area (TPSA) is 16.4 Å². The highest BCUT2D eigenvalue weighted by Gasteiger charge is 2.54. The van der Waals surface area contributed by atoms with Crippen LogP contribution in [0.4, 0.5) is 17.1 Å². The minimum Gasteiger partial charge on any atom is -0.455 e. The number of nitrogens with zero attached hydrogens (tertiary/aromatic N) is 1. The Morgan fingerprint density at radius 1 is 0.400 bits per heavy atom. The van der Waals surface area contributed by atoms with Gasteiger partial charge in [-0.05, 0) is 103 Å². The summed E-state index contributed by atoms with van der Waals surface area (Å²) < 4.78 is 6.87. The second-order valence-corrected chi connectivity index (χ2v) is 17.2. The summed E-state index contributed by atoms with van der Waals surface area (Å²) in [5.74, 6) is 0. The highest BCUT2D eigenvalue weighted by atomic mass is 16.3. The van der Waals surface area contributed by atoms with Crippen molar-refractivity contribution in [3.05, 3.63) is 234 Å². The Kier molecular flexibility index (Phi) is 6.74. The Morgan fingerprint density at radius 3 is 1.80 bits per heavy atom. The first kappa shape index (κ1) is 33.5. The lowest BCUT2D eigenvalue weighted by molar-refractivity contribution is 0.660. The van der Waals surface area contributed by atoms with Gasteiger partial charge in [0.05, 0.1) is 11.1 Å². The van der Waals surface area contributed by atoms with E-state index in [4.69, 9.17) is 4.42 Å². The molecule has 0 saturated heterocycles. The highest BCUT2D eigenvalue weighted by Crippen LogP contribution is 2.66. The summed E-state index contributed by atoms with van der Waals surface area (Å²) in [5, 5.41) is 2.30. The molecule has 1 heterocycles. The molecule has 282 valence electrons. The van der Waals surface area contributed by atoms with Crippen molar-refractivity contribution in [3.8, 4) is 44.5 Å². The molecule has 0 saturated carbocycles. The normalized spacial score (nSPS) is 16.0. The van der Waals surface area contributed by atoms with Gasteiger partial charge in [0.2, 0.25) is 0 Å². The van der Waals surface area contributed by atoms with Gasteiger partial charge in [-0.3, -0.25) is 0 Å². The fourth-order valence-corrected chi connectivity index (χ4v) is 11.3. The average Bonchev–Trinajstić information content (AvgIpc) is 3.99. The van der Waals surface area contributed by atoms with Crippen molar-refractivity contribution in [2.75, 3.05) is 4.90 Å². The van der Waals surface area contributed by atoms with Crippen LogP contribution in [-0.2, 0) is 10.8 Å². The third-order valence-corrected chi connectivity index (χ3v) is 13.9. The average molecular weight is 766 g/mol. The smallest absolute Gasteiger partial charge is 0.143 e. The molecule has 3 aliphatic carbocycles. The quantitative estimate of drug-likeness (QED) is 0.177. The molecule has 10 aromatic rings. The van der Waals surface area contributed by atoms with Gasteiger partial charge in [-0.25, -0.2) is 0 Å². The zero-order valence-corrected chi connectivity index (χ0v) is 33.4. The number of anilines is 3. The van der Waals surface area contributed by atoms with E-state index in [0.717, 1.165) is 39.0 Å². The van der Waals surface area contributed by atoms with E-state index in [2.05, 4.69) is 219 Å². The van der Waals surface area contributed by atoms with E-state index in [1.807, 2.05) is 0 Å². The Bertz CT molecular complexity index is 3410. The van der Waals surface area contributed by atoms with Gasteiger partial charge >= 0.3 is 0 Å². The van der Waals surface area contributed by atoms with Gasteiger partial charge in [0, 0.05) is 38.7 Å². The van der Waals surface area contributed by atoms with Crippen LogP contribution in [0.1, 0.15) is 47.2 Å². The molecule has 2 heteroatoms. The van der Waals surface area contributed by atoms with Gasteiger partial charge < -0.3 is 9.32 Å². The second-order valence-electron chi connectivity index (χ2n) is 17.2. The van der Waals surface area contributed by atoms with E-state index < -0.39 is 5.41 Å². The Balaban J connectivity index is 1.12. The van der Waals surface area contributed by atoms with Crippen LogP contribution in [0.2, 0.25) is 0 Å². The first-order chi connectivity index (χ1) is 29.5. The summed E-state index contributed by atoms with van der Waals surface area (Å²) in [6.07, 6.45) is 0. The lowest BCUT2D eigenvalue weighted by Gasteiger charge is -2.36. The fourth-order valence-electron chi connectivity index (χ4n) is 11.3. The molecule has 60 heavy (non-hydrogen) atoms. The predicted molar refractivity (Wildman–Crippen MR) is 248 cm³/mol. The van der Waals surface area contributed by atoms with Gasteiger partial charge in [-0.15, -0.1) is 0 Å². The third kappa shape index (κ3) is 4.27. The van der Waals surface area contributed by atoms with E-state index >= 15 is 0 Å². The van der Waals surface area contributed by atoms with Crippen LogP contribution < -0.4 is 4.90 Å². The molecule has 2 nitrogen and oxygen atoms in total. The summed E-state index contributed by atoms with van der Waals surface area (Å²) in [6.45, 7) is 4.75. The van der Waals surface area contributed by atoms with Crippen LogP contribution in [0.5, 0.6) is 0 Å². The van der Waals surface area contributed by atoms with Crippen LogP contribution in [-0.4, -0.2) is 0 Å². The van der Waals surface area contributed by atoms with Crippen molar-refractivity contribution < 1.29 is 4.42 Å². The van der Waals surface area contributed by atoms with Crippen molar-refractivity contribution in [1.82, 2.24) is 0 Å². The van der Waals surface area contributed by atoms with Crippen molar-refractivity contribution >= 4 is 39.0 Å². The molecule has 1 spiro atoms. The number of hydrogen-bond donors (Lipinski definition) is 0. The number of fused-ring (bicyclic) bond motifs is 17. The number of para-hydroxylation sites is 1. The monoisotopic (exact) mass is 765 g/mol. The number of rotatable bonds is 4. The van der Waals surface area contributed by atoms with Crippen LogP contribution in [0.25, 0.3) is 66.4 Å². The van der Waals surface area contributed by atoms with Gasteiger partial charge in [-0.2, -0.15) is 0 Å². The summed E-state index contributed by atoms with van der Waals surface area (Å²) in [4.78, 5) is 2.53. The maximum absolute atomic E-state index is 6.87. The molecule has 1 aromatic heterocycles. The highest BCUT2D eigenvalue weighted by molar-refractivity contribution is 6.13. The van der Waals surface area contributed by atoms with E-state index in [9.17, 15) is 0 Å². The molecule has 1 unspecified atom stereocenters. The van der Waals surface area contributed by atoms with Crippen molar-refractivity contribution in [2.45, 2.75) is 24.7 Å². The number of hydrogen-bond acceptors (Lipinski definition) is 2. The van der Waals surface area contributed by atoms with Gasteiger partial charge in [0.15, 0.2) is 0 Å². The van der Waals surface area contributed by atoms with E-state index in [1.165, 1.54) is 77.9 Å². The first-order valence-electron chi connectivity index (χ1n) is 21.0. The summed E-state index contributed by atoms with van der Waals surface area (Å²) >= 11 is 0. The molecule has 0 bridgehead atoms. The lowest BCUT2D eigenvalue weighted by Crippen LogP contribution is -2.28. The van der Waals surface area contributed by atoms with E-state index in [-0.39, 0.29) is 5.41 Å². The Labute approximate surface area is 349 Å². The standard InChI is InChI=1S/C58H39NO/c1-57(2)47-22-10-6-17-40(47)42-32-31-39(35-51(42)57)59(38-29-27-37(28-30-38)36-15-4-3-5-16-36)52-25-14-21-44-41-18-7-11-23-48(41)58(55(44)52)49-24-12-8-20-46(49)54-50(58)34-33-45-43-19-9-13-26-53(43)60-56(45)54/h3-35H,1-2H3. The molecular formula is C58H39NO. The second kappa shape index (κ2) is 12.1. The summed E-state index contributed by atoms with van der Waals surface area (Å²) in [7, 11) is 0. The minimum atomic E-state index is -0.601. The Hall–Kier alpha value is -7.42. The fraction of sp³-hybridized carbons (Fsp3) is 0.0690. The van der Waals surface area contributed by atoms with E-state index in [1.54, 1.807) is 0 Å². The molecule has 3 aliphatic rings. The predicted octanol–water partition coefficient (Wildman–Crippen LogP) is 15.4. The molecule has 13 rings (SSSR count). The molecule has 0 amide bonds. The van der Waals surface area contributed by atoms with E-state index in [0.29, 0.717) is 0 Å². The maximum Gasteiger partial charge on any atom is 0.143 e. The van der Waals surface area contributed by atoms with Crippen molar-refractivity contribution in [1.29, 1.82) is 0 Å². The number of furan rings is 1. The number of benzene rings is 9. The van der Waals surface area contributed by atoms with Gasteiger partial charge in [0.1, 0.15) is 11.2 Å². The minimum absolute atomic E-state index is 0.151. The molecule has 9 aromatic carbocycles. The summed E-state index contributed by atoms with van der Waals surface area (Å²) in [5.41, 5.74) is 22.4. The van der Waals surface area contributed by atoms with Crippen LogP contribution in [0, 0.1) is 0 Å². The lowest BCUT2D eigenvalue weighted by atomic mass is 9.70. The van der Waals surface area contributed by atoms with Gasteiger partial charge in [-0.1, -0.05) is 178 Å². The molecular weight excluding hydrogens is 727 g/mol. The largest absolute Gasteiger partial charge is 0.455 e. The zero-order valence-electron chi connectivity index (χ0n) is 33.4.